The molecule has 1 nitrogen and oxygen atoms in total. The lowest BCUT2D eigenvalue weighted by Crippen LogP contribution is -2.40. The maximum atomic E-state index is 13.6. The summed E-state index contributed by atoms with van der Waals surface area (Å²) < 4.78 is 13.6. The fourth-order valence-electron chi connectivity index (χ4n) is 2.50. The van der Waals surface area contributed by atoms with E-state index in [1.807, 2.05) is 65.8 Å². The fourth-order valence-corrected chi connectivity index (χ4v) is 6.70. The van der Waals surface area contributed by atoms with Gasteiger partial charge in [0.15, 0.2) is 0 Å². The van der Waals surface area contributed by atoms with Gasteiger partial charge < -0.3 is 17.9 Å². The number of benzene rings is 1. The van der Waals surface area contributed by atoms with Crippen molar-refractivity contribution in [3.05, 3.63) is 24.3 Å². The molecule has 0 aromatic heterocycles. The van der Waals surface area contributed by atoms with Crippen molar-refractivity contribution in [3.8, 4) is 0 Å². The normalized spacial score (nSPS) is 13.8. The van der Waals surface area contributed by atoms with Gasteiger partial charge in [-0.25, -0.2) is 0 Å². The second kappa shape index (κ2) is 4.32. The van der Waals surface area contributed by atoms with Gasteiger partial charge in [-0.3, -0.25) is 0 Å². The van der Waals surface area contributed by atoms with E-state index >= 15 is 0 Å². The summed E-state index contributed by atoms with van der Waals surface area (Å²) in [5.74, 6) is 0. The van der Waals surface area contributed by atoms with E-state index in [0.29, 0.717) is 5.46 Å². The highest BCUT2D eigenvalue weighted by molar-refractivity contribution is 7.74. The van der Waals surface area contributed by atoms with E-state index < -0.39 is 7.14 Å². The Morgan fingerprint density at radius 3 is 1.71 bits per heavy atom. The first-order valence-electron chi connectivity index (χ1n) is 5.97. The third kappa shape index (κ3) is 2.38. The standard InChI is InChI=1S/C14H22BOP/c1-13(2,3)17(16,14(4,5)6)12-10-8-7-9-11(12)15/h7-10H,1-6H3/q-1. The first-order valence-corrected chi connectivity index (χ1v) is 7.68. The SMILES string of the molecule is [B-]c1ccccc1P(=O)(C(C)(C)C)C(C)(C)C. The summed E-state index contributed by atoms with van der Waals surface area (Å²) in [6.07, 6.45) is 0. The van der Waals surface area contributed by atoms with Crippen LogP contribution in [0.3, 0.4) is 0 Å². The first-order chi connectivity index (χ1) is 7.52. The molecule has 0 amide bonds. The van der Waals surface area contributed by atoms with E-state index in [4.69, 9.17) is 7.85 Å². The Kier molecular flexibility index (Phi) is 3.70. The summed E-state index contributed by atoms with van der Waals surface area (Å²) in [5.41, 5.74) is 0.640. The van der Waals surface area contributed by atoms with Gasteiger partial charge in [-0.05, 0) is 5.30 Å². The zero-order valence-corrected chi connectivity index (χ0v) is 12.6. The van der Waals surface area contributed by atoms with Gasteiger partial charge >= 0.3 is 0 Å². The maximum Gasteiger partial charge on any atom is 0.122 e. The molecule has 0 aliphatic rings. The zero-order valence-electron chi connectivity index (χ0n) is 11.7. The molecular formula is C14H22BOP-. The topological polar surface area (TPSA) is 17.1 Å². The van der Waals surface area contributed by atoms with Crippen molar-refractivity contribution >= 4 is 25.8 Å². The lowest BCUT2D eigenvalue weighted by Gasteiger charge is -2.44. The van der Waals surface area contributed by atoms with E-state index in [1.165, 1.54) is 0 Å². The summed E-state index contributed by atoms with van der Waals surface area (Å²) in [4.78, 5) is 0. The summed E-state index contributed by atoms with van der Waals surface area (Å²) in [6.45, 7) is 12.2. The van der Waals surface area contributed by atoms with Gasteiger partial charge in [0.25, 0.3) is 0 Å². The Morgan fingerprint density at radius 2 is 1.35 bits per heavy atom. The zero-order chi connectivity index (χ0) is 13.5. The van der Waals surface area contributed by atoms with Crippen molar-refractivity contribution in [2.24, 2.45) is 0 Å². The monoisotopic (exact) mass is 248 g/mol. The van der Waals surface area contributed by atoms with Gasteiger partial charge in [0.1, 0.15) is 7.14 Å². The smallest absolute Gasteiger partial charge is 0.122 e. The van der Waals surface area contributed by atoms with Gasteiger partial charge in [0, 0.05) is 10.3 Å². The van der Waals surface area contributed by atoms with Crippen molar-refractivity contribution < 1.29 is 4.57 Å². The van der Waals surface area contributed by atoms with Gasteiger partial charge in [-0.2, -0.15) is 0 Å². The van der Waals surface area contributed by atoms with Crippen LogP contribution in [0, 0.1) is 0 Å². The van der Waals surface area contributed by atoms with Crippen LogP contribution in [0.15, 0.2) is 24.3 Å². The molecule has 0 atom stereocenters. The molecule has 0 heterocycles. The van der Waals surface area contributed by atoms with E-state index in [2.05, 4.69) is 0 Å². The van der Waals surface area contributed by atoms with Crippen LogP contribution in [-0.4, -0.2) is 18.2 Å². The Balaban J connectivity index is 3.59. The molecule has 17 heavy (non-hydrogen) atoms. The second-order valence-corrected chi connectivity index (χ2v) is 10.9. The first kappa shape index (κ1) is 14.6. The van der Waals surface area contributed by atoms with E-state index in [-0.39, 0.29) is 10.3 Å². The lowest BCUT2D eigenvalue weighted by molar-refractivity contribution is 0.528. The summed E-state index contributed by atoms with van der Waals surface area (Å²) in [5, 5.41) is 0.238. The van der Waals surface area contributed by atoms with E-state index in [0.717, 1.165) is 5.30 Å². The van der Waals surface area contributed by atoms with Crippen LogP contribution >= 0.6 is 7.14 Å². The minimum atomic E-state index is -2.60. The molecule has 93 valence electrons. The molecule has 0 saturated heterocycles. The summed E-state index contributed by atoms with van der Waals surface area (Å²) in [7, 11) is 3.43. The molecule has 1 aromatic rings. The lowest BCUT2D eigenvalue weighted by atomic mass is 9.97. The van der Waals surface area contributed by atoms with Crippen molar-refractivity contribution in [2.45, 2.75) is 51.9 Å². The molecule has 0 unspecified atom stereocenters. The second-order valence-electron chi connectivity index (χ2n) is 6.51. The van der Waals surface area contributed by atoms with Crippen molar-refractivity contribution in [1.29, 1.82) is 0 Å². The van der Waals surface area contributed by atoms with Gasteiger partial charge in [0.05, 0.1) is 0 Å². The number of hydrogen-bond donors (Lipinski definition) is 0. The Hall–Kier alpha value is -0.485. The average Bonchev–Trinajstić information content (AvgIpc) is 2.13. The highest BCUT2D eigenvalue weighted by Gasteiger charge is 2.46. The molecule has 0 N–H and O–H groups in total. The van der Waals surface area contributed by atoms with Crippen LogP contribution in [0.5, 0.6) is 0 Å². The third-order valence-corrected chi connectivity index (χ3v) is 8.03. The minimum Gasteiger partial charge on any atom is -0.579 e. The fraction of sp³-hybridized carbons (Fsp3) is 0.571. The number of rotatable bonds is 1. The molecule has 0 bridgehead atoms. The molecule has 1 aromatic carbocycles. The van der Waals surface area contributed by atoms with E-state index in [9.17, 15) is 4.57 Å². The van der Waals surface area contributed by atoms with Gasteiger partial charge in [0.2, 0.25) is 0 Å². The predicted octanol–water partition coefficient (Wildman–Crippen LogP) is 3.07. The maximum absolute atomic E-state index is 13.6. The van der Waals surface area contributed by atoms with Crippen LogP contribution in [0.4, 0.5) is 0 Å². The molecule has 0 aliphatic carbocycles. The molecule has 3 heteroatoms. The van der Waals surface area contributed by atoms with Gasteiger partial charge in [-0.1, -0.05) is 59.7 Å². The molecular weight excluding hydrogens is 226 g/mol. The summed E-state index contributed by atoms with van der Waals surface area (Å²) in [6, 6.07) is 7.54. The number of hydrogen-bond acceptors (Lipinski definition) is 1. The van der Waals surface area contributed by atoms with E-state index in [1.54, 1.807) is 0 Å². The van der Waals surface area contributed by atoms with Crippen molar-refractivity contribution in [3.63, 3.8) is 0 Å². The van der Waals surface area contributed by atoms with Gasteiger partial charge in [-0.15, -0.1) is 6.07 Å². The third-order valence-electron chi connectivity index (χ3n) is 3.17. The van der Waals surface area contributed by atoms with Crippen LogP contribution in [-0.2, 0) is 4.57 Å². The van der Waals surface area contributed by atoms with Crippen LogP contribution in [0.2, 0.25) is 0 Å². The highest BCUT2D eigenvalue weighted by atomic mass is 31.2. The van der Waals surface area contributed by atoms with Crippen LogP contribution in [0.1, 0.15) is 41.5 Å². The predicted molar refractivity (Wildman–Crippen MR) is 78.6 cm³/mol. The molecule has 0 spiro atoms. The van der Waals surface area contributed by atoms with Crippen LogP contribution < -0.4 is 10.8 Å². The molecule has 0 fully saturated rings. The summed E-state index contributed by atoms with van der Waals surface area (Å²) >= 11 is 0. The Bertz CT molecular complexity index is 434. The largest absolute Gasteiger partial charge is 0.579 e. The molecule has 0 saturated carbocycles. The quantitative estimate of drug-likeness (QED) is 0.551. The Morgan fingerprint density at radius 1 is 0.941 bits per heavy atom. The molecule has 3 radical (unpaired) electrons. The molecule has 1 rings (SSSR count). The average molecular weight is 248 g/mol. The van der Waals surface area contributed by atoms with Crippen LogP contribution in [0.25, 0.3) is 0 Å². The van der Waals surface area contributed by atoms with Crippen molar-refractivity contribution in [2.75, 3.05) is 0 Å². The highest BCUT2D eigenvalue weighted by Crippen LogP contribution is 2.65. The minimum absolute atomic E-state index is 0.291. The molecule has 0 aliphatic heterocycles. The van der Waals surface area contributed by atoms with Crippen molar-refractivity contribution in [1.82, 2.24) is 0 Å². The Labute approximate surface area is 107 Å².